The third-order valence-corrected chi connectivity index (χ3v) is 2.91. The molecule has 6 nitrogen and oxygen atoms in total. The first kappa shape index (κ1) is 10.8. The Bertz CT molecular complexity index is 357. The van der Waals surface area contributed by atoms with Gasteiger partial charge in [-0.05, 0) is 12.3 Å². The maximum absolute atomic E-state index is 11.5. The van der Waals surface area contributed by atoms with Gasteiger partial charge in [0.2, 0.25) is 11.8 Å². The van der Waals surface area contributed by atoms with E-state index in [0.29, 0.717) is 6.42 Å². The fourth-order valence-corrected chi connectivity index (χ4v) is 2.11. The molecular weight excluding hydrogens is 212 g/mol. The van der Waals surface area contributed by atoms with Crippen molar-refractivity contribution in [2.24, 2.45) is 17.8 Å². The van der Waals surface area contributed by atoms with Crippen LogP contribution in [0.5, 0.6) is 0 Å². The highest BCUT2D eigenvalue weighted by atomic mass is 16.3. The fourth-order valence-electron chi connectivity index (χ4n) is 2.11. The molecule has 1 heterocycles. The number of aliphatic hydroxyl groups excluding tert-OH is 1. The predicted molar refractivity (Wildman–Crippen MR) is 53.0 cm³/mol. The Morgan fingerprint density at radius 3 is 2.31 bits per heavy atom. The third-order valence-electron chi connectivity index (χ3n) is 2.91. The number of imide groups is 2. The van der Waals surface area contributed by atoms with E-state index in [0.717, 1.165) is 0 Å². The molecule has 0 aromatic rings. The van der Waals surface area contributed by atoms with Crippen molar-refractivity contribution in [2.75, 3.05) is 6.61 Å². The normalized spacial score (nSPS) is 30.4. The van der Waals surface area contributed by atoms with Crippen LogP contribution in [-0.2, 0) is 9.59 Å². The zero-order chi connectivity index (χ0) is 11.7. The molecule has 1 saturated heterocycles. The smallest absolute Gasteiger partial charge is 0.328 e. The van der Waals surface area contributed by atoms with E-state index in [2.05, 4.69) is 10.6 Å². The number of nitrogens with one attached hydrogen (secondary N) is 2. The predicted octanol–water partition coefficient (Wildman–Crippen LogP) is -0.847. The van der Waals surface area contributed by atoms with Crippen molar-refractivity contribution >= 4 is 17.8 Å². The molecular formula is C10H12N2O4. The molecule has 3 N–H and O–H groups in total. The van der Waals surface area contributed by atoms with Crippen molar-refractivity contribution in [3.63, 3.8) is 0 Å². The Labute approximate surface area is 91.7 Å². The largest absolute Gasteiger partial charge is 0.396 e. The molecule has 0 aromatic carbocycles. The number of barbiturate groups is 1. The maximum atomic E-state index is 11.5. The molecule has 2 rings (SSSR count). The summed E-state index contributed by atoms with van der Waals surface area (Å²) in [6.07, 6.45) is 4.10. The minimum Gasteiger partial charge on any atom is -0.396 e. The van der Waals surface area contributed by atoms with Crippen molar-refractivity contribution in [1.82, 2.24) is 10.6 Å². The molecule has 0 unspecified atom stereocenters. The van der Waals surface area contributed by atoms with Gasteiger partial charge in [-0.3, -0.25) is 20.2 Å². The summed E-state index contributed by atoms with van der Waals surface area (Å²) in [5.41, 5.74) is 0. The second-order valence-electron chi connectivity index (χ2n) is 4.01. The van der Waals surface area contributed by atoms with Crippen molar-refractivity contribution < 1.29 is 19.5 Å². The van der Waals surface area contributed by atoms with Crippen LogP contribution in [0.25, 0.3) is 0 Å². The van der Waals surface area contributed by atoms with Gasteiger partial charge in [0.05, 0.1) is 0 Å². The van der Waals surface area contributed by atoms with Crippen LogP contribution in [0.3, 0.4) is 0 Å². The van der Waals surface area contributed by atoms with E-state index >= 15 is 0 Å². The average molecular weight is 224 g/mol. The van der Waals surface area contributed by atoms with Gasteiger partial charge < -0.3 is 5.11 Å². The molecule has 0 radical (unpaired) electrons. The third kappa shape index (κ3) is 1.83. The van der Waals surface area contributed by atoms with Crippen molar-refractivity contribution in [3.05, 3.63) is 12.2 Å². The van der Waals surface area contributed by atoms with Gasteiger partial charge >= 0.3 is 6.03 Å². The number of carbonyl (C=O) groups excluding carboxylic acids is 3. The molecule has 1 aliphatic carbocycles. The first-order valence-electron chi connectivity index (χ1n) is 5.06. The Hall–Kier alpha value is -1.69. The van der Waals surface area contributed by atoms with Crippen LogP contribution in [0.4, 0.5) is 4.79 Å². The highest BCUT2D eigenvalue weighted by molar-refractivity contribution is 6.16. The van der Waals surface area contributed by atoms with Crippen LogP contribution in [0, 0.1) is 17.8 Å². The Morgan fingerprint density at radius 2 is 1.81 bits per heavy atom. The van der Waals surface area contributed by atoms with Gasteiger partial charge in [0, 0.05) is 12.5 Å². The monoisotopic (exact) mass is 224 g/mol. The molecule has 2 aliphatic rings. The Balaban J connectivity index is 2.10. The summed E-state index contributed by atoms with van der Waals surface area (Å²) >= 11 is 0. The summed E-state index contributed by atoms with van der Waals surface area (Å²) in [6.45, 7) is 0.00187. The molecule has 0 bridgehead atoms. The van der Waals surface area contributed by atoms with Crippen LogP contribution in [0.15, 0.2) is 12.2 Å². The summed E-state index contributed by atoms with van der Waals surface area (Å²) in [4.78, 5) is 33.9. The van der Waals surface area contributed by atoms with Gasteiger partial charge in [-0.25, -0.2) is 4.79 Å². The van der Waals surface area contributed by atoms with Crippen LogP contribution in [0.2, 0.25) is 0 Å². The molecule has 0 saturated carbocycles. The number of rotatable bonds is 2. The first-order chi connectivity index (χ1) is 7.61. The van der Waals surface area contributed by atoms with E-state index in [-0.39, 0.29) is 18.4 Å². The summed E-state index contributed by atoms with van der Waals surface area (Å²) in [5, 5.41) is 13.1. The number of hydrogen-bond donors (Lipinski definition) is 3. The molecule has 4 amide bonds. The zero-order valence-corrected chi connectivity index (χ0v) is 8.47. The molecule has 1 aliphatic heterocycles. The van der Waals surface area contributed by atoms with Gasteiger partial charge in [0.15, 0.2) is 0 Å². The summed E-state index contributed by atoms with van der Waals surface area (Å²) in [7, 11) is 0. The number of aliphatic hydroxyl groups is 1. The van der Waals surface area contributed by atoms with Gasteiger partial charge in [-0.2, -0.15) is 0 Å². The SMILES string of the molecule is O=C1NC(=O)C([C@H]2C=C[C@@H](CO)C2)C(=O)N1. The van der Waals surface area contributed by atoms with Gasteiger partial charge in [-0.1, -0.05) is 12.2 Å². The van der Waals surface area contributed by atoms with Crippen LogP contribution in [0.1, 0.15) is 6.42 Å². The second kappa shape index (κ2) is 4.05. The first-order valence-corrected chi connectivity index (χ1v) is 5.06. The molecule has 1 fully saturated rings. The molecule has 2 atom stereocenters. The van der Waals surface area contributed by atoms with E-state index in [9.17, 15) is 14.4 Å². The van der Waals surface area contributed by atoms with E-state index < -0.39 is 23.8 Å². The minimum atomic E-state index is -0.870. The highest BCUT2D eigenvalue weighted by Crippen LogP contribution is 2.30. The average Bonchev–Trinajstić information content (AvgIpc) is 2.64. The zero-order valence-electron chi connectivity index (χ0n) is 8.47. The van der Waals surface area contributed by atoms with E-state index in [4.69, 9.17) is 5.11 Å². The number of urea groups is 1. The number of allylic oxidation sites excluding steroid dienone is 1. The Morgan fingerprint density at radius 1 is 1.19 bits per heavy atom. The quantitative estimate of drug-likeness (QED) is 0.420. The lowest BCUT2D eigenvalue weighted by Gasteiger charge is -2.24. The molecule has 16 heavy (non-hydrogen) atoms. The summed E-state index contributed by atoms with van der Waals surface area (Å²) in [6, 6.07) is -0.771. The summed E-state index contributed by atoms with van der Waals surface area (Å²) in [5.74, 6) is -2.26. The molecule has 6 heteroatoms. The molecule has 86 valence electrons. The lowest BCUT2D eigenvalue weighted by Crippen LogP contribution is -2.57. The molecule has 0 aromatic heterocycles. The Kier molecular flexibility index (Phi) is 2.74. The number of hydrogen-bond acceptors (Lipinski definition) is 4. The highest BCUT2D eigenvalue weighted by Gasteiger charge is 2.40. The lowest BCUT2D eigenvalue weighted by atomic mass is 9.87. The van der Waals surface area contributed by atoms with Crippen molar-refractivity contribution in [3.8, 4) is 0 Å². The fraction of sp³-hybridized carbons (Fsp3) is 0.500. The van der Waals surface area contributed by atoms with Gasteiger partial charge in [0.25, 0.3) is 0 Å². The van der Waals surface area contributed by atoms with E-state index in [1.54, 1.807) is 12.2 Å². The van der Waals surface area contributed by atoms with Crippen LogP contribution >= 0.6 is 0 Å². The van der Waals surface area contributed by atoms with Crippen molar-refractivity contribution in [1.29, 1.82) is 0 Å². The van der Waals surface area contributed by atoms with Gasteiger partial charge in [0.1, 0.15) is 5.92 Å². The number of amides is 4. The molecule has 0 spiro atoms. The van der Waals surface area contributed by atoms with E-state index in [1.165, 1.54) is 0 Å². The van der Waals surface area contributed by atoms with Crippen LogP contribution < -0.4 is 10.6 Å². The van der Waals surface area contributed by atoms with Gasteiger partial charge in [-0.15, -0.1) is 0 Å². The van der Waals surface area contributed by atoms with E-state index in [1.807, 2.05) is 0 Å². The second-order valence-corrected chi connectivity index (χ2v) is 4.01. The topological polar surface area (TPSA) is 95.5 Å². The lowest BCUT2D eigenvalue weighted by molar-refractivity contribution is -0.137. The van der Waals surface area contributed by atoms with Crippen LogP contribution in [-0.4, -0.2) is 29.6 Å². The standard InChI is InChI=1S/C10H12N2O4/c13-4-5-1-2-6(3-5)7-8(14)11-10(16)12-9(7)15/h1-2,5-7,13H,3-4H2,(H2,11,12,14,15,16)/t5-,6+/m1/s1. The minimum absolute atomic E-state index is 0.00187. The van der Waals surface area contributed by atoms with Crippen molar-refractivity contribution in [2.45, 2.75) is 6.42 Å². The summed E-state index contributed by atoms with van der Waals surface area (Å²) < 4.78 is 0. The maximum Gasteiger partial charge on any atom is 0.328 e. The number of carbonyl (C=O) groups is 3.